The second-order valence-corrected chi connectivity index (χ2v) is 6.69. The van der Waals surface area contributed by atoms with E-state index in [0.717, 1.165) is 34.2 Å². The summed E-state index contributed by atoms with van der Waals surface area (Å²) in [6, 6.07) is 12.0. The van der Waals surface area contributed by atoms with Crippen LogP contribution >= 0.6 is 24.0 Å². The van der Waals surface area contributed by atoms with Gasteiger partial charge in [-0.3, -0.25) is 4.99 Å². The standard InChI is InChI=1S/C22H27FN4O2.HI/c1-3-24-22(27-14-21(28)15-4-7-18(29-2)8-5-15)25-11-10-16-13-26-20-9-6-17(23)12-19(16)20;/h4-9,12-13,21,26,28H,3,10-11,14H2,1-2H3,(H2,24,25,27);1H. The molecule has 1 atom stereocenters. The molecule has 162 valence electrons. The minimum atomic E-state index is -0.701. The monoisotopic (exact) mass is 526 g/mol. The second kappa shape index (κ2) is 11.8. The molecule has 0 aliphatic rings. The SMILES string of the molecule is CCNC(=NCC(O)c1ccc(OC)cc1)NCCc1c[nH]c2ccc(F)cc12.I. The van der Waals surface area contributed by atoms with E-state index in [9.17, 15) is 9.50 Å². The van der Waals surface area contributed by atoms with Crippen molar-refractivity contribution in [3.05, 3.63) is 65.6 Å². The lowest BCUT2D eigenvalue weighted by Gasteiger charge is -2.13. The fourth-order valence-electron chi connectivity index (χ4n) is 3.12. The molecule has 0 fully saturated rings. The van der Waals surface area contributed by atoms with Gasteiger partial charge < -0.3 is 25.5 Å². The van der Waals surface area contributed by atoms with Crippen LogP contribution in [0.1, 0.15) is 24.2 Å². The van der Waals surface area contributed by atoms with Crippen LogP contribution in [0.15, 0.2) is 53.7 Å². The predicted octanol–water partition coefficient (Wildman–Crippen LogP) is 3.76. The Bertz CT molecular complexity index is 959. The average molecular weight is 526 g/mol. The van der Waals surface area contributed by atoms with E-state index >= 15 is 0 Å². The number of fused-ring (bicyclic) bond motifs is 1. The molecular weight excluding hydrogens is 498 g/mol. The topological polar surface area (TPSA) is 81.7 Å². The third-order valence-electron chi connectivity index (χ3n) is 4.68. The number of aromatic amines is 1. The van der Waals surface area contributed by atoms with Gasteiger partial charge in [-0.1, -0.05) is 12.1 Å². The van der Waals surface area contributed by atoms with Crippen LogP contribution in [0.5, 0.6) is 5.75 Å². The molecule has 30 heavy (non-hydrogen) atoms. The summed E-state index contributed by atoms with van der Waals surface area (Å²) >= 11 is 0. The summed E-state index contributed by atoms with van der Waals surface area (Å²) in [6.07, 6.45) is 1.92. The molecule has 0 saturated carbocycles. The smallest absolute Gasteiger partial charge is 0.191 e. The maximum atomic E-state index is 13.5. The van der Waals surface area contributed by atoms with Gasteiger partial charge in [0.25, 0.3) is 0 Å². The van der Waals surface area contributed by atoms with Crippen LogP contribution in [0.3, 0.4) is 0 Å². The number of aromatic nitrogens is 1. The number of hydrogen-bond donors (Lipinski definition) is 4. The van der Waals surface area contributed by atoms with Crippen LogP contribution in [0, 0.1) is 5.82 Å². The lowest BCUT2D eigenvalue weighted by Crippen LogP contribution is -2.38. The highest BCUT2D eigenvalue weighted by Gasteiger charge is 2.09. The first kappa shape index (κ1) is 23.9. The molecule has 0 radical (unpaired) electrons. The van der Waals surface area contributed by atoms with Gasteiger partial charge in [0.15, 0.2) is 5.96 Å². The summed E-state index contributed by atoms with van der Waals surface area (Å²) in [6.45, 7) is 3.57. The fourth-order valence-corrected chi connectivity index (χ4v) is 3.12. The fraction of sp³-hybridized carbons (Fsp3) is 0.318. The van der Waals surface area contributed by atoms with Gasteiger partial charge in [-0.2, -0.15) is 0 Å². The normalized spacial score (nSPS) is 12.3. The number of nitrogens with zero attached hydrogens (tertiary/aromatic N) is 1. The van der Waals surface area contributed by atoms with E-state index in [1.165, 1.54) is 6.07 Å². The molecule has 0 bridgehead atoms. The van der Waals surface area contributed by atoms with E-state index in [1.54, 1.807) is 19.2 Å². The number of hydrogen-bond acceptors (Lipinski definition) is 3. The third-order valence-corrected chi connectivity index (χ3v) is 4.68. The van der Waals surface area contributed by atoms with E-state index < -0.39 is 6.10 Å². The highest BCUT2D eigenvalue weighted by molar-refractivity contribution is 14.0. The van der Waals surface area contributed by atoms with Crippen LogP contribution in [0.4, 0.5) is 4.39 Å². The molecule has 0 spiro atoms. The Kier molecular flexibility index (Phi) is 9.38. The number of guanidine groups is 1. The van der Waals surface area contributed by atoms with Gasteiger partial charge in [0.1, 0.15) is 11.6 Å². The van der Waals surface area contributed by atoms with Gasteiger partial charge in [0, 0.05) is 30.2 Å². The van der Waals surface area contributed by atoms with Crippen LogP contribution in [-0.2, 0) is 6.42 Å². The summed E-state index contributed by atoms with van der Waals surface area (Å²) in [4.78, 5) is 7.64. The van der Waals surface area contributed by atoms with E-state index in [2.05, 4.69) is 20.6 Å². The summed E-state index contributed by atoms with van der Waals surface area (Å²) < 4.78 is 18.6. The van der Waals surface area contributed by atoms with Gasteiger partial charge in [-0.05, 0) is 54.8 Å². The van der Waals surface area contributed by atoms with Crippen molar-refractivity contribution in [2.24, 2.45) is 4.99 Å². The number of benzene rings is 2. The van der Waals surface area contributed by atoms with E-state index in [1.807, 2.05) is 37.4 Å². The molecule has 4 N–H and O–H groups in total. The lowest BCUT2D eigenvalue weighted by molar-refractivity contribution is 0.187. The Hall–Kier alpha value is -2.33. The van der Waals surface area contributed by atoms with Crippen LogP contribution in [0.25, 0.3) is 10.9 Å². The zero-order valence-electron chi connectivity index (χ0n) is 17.1. The Morgan fingerprint density at radius 2 is 1.97 bits per heavy atom. The zero-order valence-corrected chi connectivity index (χ0v) is 19.4. The zero-order chi connectivity index (χ0) is 20.6. The Morgan fingerprint density at radius 3 is 2.67 bits per heavy atom. The average Bonchev–Trinajstić information content (AvgIpc) is 3.14. The first-order valence-corrected chi connectivity index (χ1v) is 9.70. The summed E-state index contributed by atoms with van der Waals surface area (Å²) in [5.74, 6) is 1.14. The predicted molar refractivity (Wildman–Crippen MR) is 129 cm³/mol. The van der Waals surface area contributed by atoms with Crippen LogP contribution in [0.2, 0.25) is 0 Å². The van der Waals surface area contributed by atoms with E-state index in [4.69, 9.17) is 4.74 Å². The summed E-state index contributed by atoms with van der Waals surface area (Å²) in [5.41, 5.74) is 2.75. The van der Waals surface area contributed by atoms with Gasteiger partial charge in [0.05, 0.1) is 19.8 Å². The number of methoxy groups -OCH3 is 1. The number of rotatable bonds is 8. The molecule has 0 aliphatic carbocycles. The Balaban J connectivity index is 0.00000320. The van der Waals surface area contributed by atoms with Crippen molar-refractivity contribution in [2.45, 2.75) is 19.4 Å². The van der Waals surface area contributed by atoms with Crippen molar-refractivity contribution >= 4 is 40.8 Å². The van der Waals surface area contributed by atoms with E-state index in [0.29, 0.717) is 19.0 Å². The Labute approximate surface area is 193 Å². The Morgan fingerprint density at radius 1 is 1.20 bits per heavy atom. The highest BCUT2D eigenvalue weighted by Crippen LogP contribution is 2.20. The largest absolute Gasteiger partial charge is 0.497 e. The number of H-pyrrole nitrogens is 1. The van der Waals surface area contributed by atoms with Gasteiger partial charge in [-0.25, -0.2) is 4.39 Å². The number of nitrogens with one attached hydrogen (secondary N) is 3. The van der Waals surface area contributed by atoms with Crippen LogP contribution < -0.4 is 15.4 Å². The number of aliphatic hydroxyl groups is 1. The van der Waals surface area contributed by atoms with Crippen molar-refractivity contribution in [1.29, 1.82) is 0 Å². The molecule has 0 amide bonds. The molecule has 1 heterocycles. The maximum Gasteiger partial charge on any atom is 0.191 e. The lowest BCUT2D eigenvalue weighted by atomic mass is 10.1. The van der Waals surface area contributed by atoms with Gasteiger partial charge in [-0.15, -0.1) is 24.0 Å². The molecule has 2 aromatic carbocycles. The van der Waals surface area contributed by atoms with Gasteiger partial charge in [0.2, 0.25) is 0 Å². The molecule has 1 aromatic heterocycles. The van der Waals surface area contributed by atoms with Crippen LogP contribution in [-0.4, -0.2) is 42.8 Å². The highest BCUT2D eigenvalue weighted by atomic mass is 127. The quantitative estimate of drug-likeness (QED) is 0.205. The molecule has 6 nitrogen and oxygen atoms in total. The molecule has 3 rings (SSSR count). The molecular formula is C22H28FIN4O2. The number of aliphatic hydroxyl groups excluding tert-OH is 1. The number of halogens is 2. The summed E-state index contributed by atoms with van der Waals surface area (Å²) in [5, 5.41) is 17.7. The van der Waals surface area contributed by atoms with Crippen molar-refractivity contribution in [3.63, 3.8) is 0 Å². The minimum absolute atomic E-state index is 0. The summed E-state index contributed by atoms with van der Waals surface area (Å²) in [7, 11) is 1.61. The number of ether oxygens (including phenoxy) is 1. The molecule has 0 saturated heterocycles. The van der Waals surface area contributed by atoms with Gasteiger partial charge >= 0.3 is 0 Å². The molecule has 3 aromatic rings. The first-order valence-electron chi connectivity index (χ1n) is 9.70. The molecule has 1 unspecified atom stereocenters. The molecule has 8 heteroatoms. The van der Waals surface area contributed by atoms with Crippen molar-refractivity contribution in [2.75, 3.05) is 26.7 Å². The number of aliphatic imine (C=N–C) groups is 1. The third kappa shape index (κ3) is 6.33. The van der Waals surface area contributed by atoms with E-state index in [-0.39, 0.29) is 36.3 Å². The maximum absolute atomic E-state index is 13.5. The molecule has 0 aliphatic heterocycles. The van der Waals surface area contributed by atoms with Crippen molar-refractivity contribution in [1.82, 2.24) is 15.6 Å². The second-order valence-electron chi connectivity index (χ2n) is 6.69. The van der Waals surface area contributed by atoms with Crippen molar-refractivity contribution < 1.29 is 14.2 Å². The first-order chi connectivity index (χ1) is 14.1. The minimum Gasteiger partial charge on any atom is -0.497 e. The van der Waals surface area contributed by atoms with Crippen molar-refractivity contribution in [3.8, 4) is 5.75 Å².